The van der Waals surface area contributed by atoms with E-state index in [-0.39, 0.29) is 23.6 Å². The number of nitrogens with zero attached hydrogens (tertiary/aromatic N) is 1. The Morgan fingerprint density at radius 3 is 2.45 bits per heavy atom. The minimum absolute atomic E-state index is 0.0248. The molecule has 7 heteroatoms. The lowest BCUT2D eigenvalue weighted by Gasteiger charge is -2.36. The van der Waals surface area contributed by atoms with Crippen molar-refractivity contribution in [1.29, 1.82) is 0 Å². The third kappa shape index (κ3) is 5.42. The summed E-state index contributed by atoms with van der Waals surface area (Å²) in [5.41, 5.74) is 3.21. The number of amides is 3. The van der Waals surface area contributed by atoms with E-state index >= 15 is 0 Å². The van der Waals surface area contributed by atoms with Gasteiger partial charge in [-0.1, -0.05) is 38.1 Å². The first-order valence-electron chi connectivity index (χ1n) is 10.4. The van der Waals surface area contributed by atoms with Crippen LogP contribution in [-0.4, -0.2) is 35.8 Å². The molecule has 0 aromatic heterocycles. The van der Waals surface area contributed by atoms with Gasteiger partial charge in [0, 0.05) is 38.1 Å². The molecule has 1 heterocycles. The van der Waals surface area contributed by atoms with E-state index in [9.17, 15) is 14.4 Å². The van der Waals surface area contributed by atoms with Gasteiger partial charge >= 0.3 is 0 Å². The third-order valence-electron chi connectivity index (χ3n) is 5.23. The number of benzene rings is 2. The predicted molar refractivity (Wildman–Crippen MR) is 120 cm³/mol. The molecule has 3 amide bonds. The van der Waals surface area contributed by atoms with E-state index in [1.807, 2.05) is 38.1 Å². The number of ether oxygens (including phenoxy) is 1. The molecule has 164 valence electrons. The summed E-state index contributed by atoms with van der Waals surface area (Å²) in [4.78, 5) is 39.2. The van der Waals surface area contributed by atoms with Gasteiger partial charge in [0.2, 0.25) is 17.7 Å². The first kappa shape index (κ1) is 22.3. The number of carbonyl (C=O) groups excluding carboxylic acids is 3. The molecule has 1 unspecified atom stereocenters. The van der Waals surface area contributed by atoms with Crippen molar-refractivity contribution in [3.63, 3.8) is 0 Å². The molecule has 0 radical (unpaired) electrons. The molecule has 0 saturated heterocycles. The highest BCUT2D eigenvalue weighted by atomic mass is 16.5. The lowest BCUT2D eigenvalue weighted by atomic mass is 9.92. The summed E-state index contributed by atoms with van der Waals surface area (Å²) in [6, 6.07) is 12.3. The van der Waals surface area contributed by atoms with E-state index in [0.29, 0.717) is 36.5 Å². The highest BCUT2D eigenvalue weighted by molar-refractivity contribution is 5.98. The number of fused-ring (bicyclic) bond motifs is 1. The van der Waals surface area contributed by atoms with Gasteiger partial charge in [0.1, 0.15) is 11.8 Å². The highest BCUT2D eigenvalue weighted by Crippen LogP contribution is 2.29. The van der Waals surface area contributed by atoms with Crippen LogP contribution < -0.4 is 15.4 Å². The second-order valence-electron chi connectivity index (χ2n) is 8.19. The molecule has 1 aliphatic rings. The second-order valence-corrected chi connectivity index (χ2v) is 8.19. The molecular weight excluding hydrogens is 394 g/mol. The molecule has 0 aliphatic carbocycles. The van der Waals surface area contributed by atoms with E-state index in [1.165, 1.54) is 14.0 Å². The van der Waals surface area contributed by atoms with Crippen LogP contribution in [-0.2, 0) is 27.3 Å². The van der Waals surface area contributed by atoms with Crippen molar-refractivity contribution in [2.75, 3.05) is 17.7 Å². The Hall–Kier alpha value is -3.35. The Bertz CT molecular complexity index is 987. The normalized spacial score (nSPS) is 15.3. The zero-order valence-electron chi connectivity index (χ0n) is 18.4. The van der Waals surface area contributed by atoms with E-state index in [4.69, 9.17) is 4.74 Å². The largest absolute Gasteiger partial charge is 0.494 e. The van der Waals surface area contributed by atoms with Crippen LogP contribution in [0, 0.1) is 5.92 Å². The fourth-order valence-corrected chi connectivity index (χ4v) is 3.77. The highest BCUT2D eigenvalue weighted by Gasteiger charge is 2.34. The molecule has 7 nitrogen and oxygen atoms in total. The fourth-order valence-electron chi connectivity index (χ4n) is 3.77. The Kier molecular flexibility index (Phi) is 6.95. The van der Waals surface area contributed by atoms with E-state index in [0.717, 1.165) is 11.1 Å². The van der Waals surface area contributed by atoms with E-state index in [1.54, 1.807) is 23.1 Å². The average Bonchev–Trinajstić information content (AvgIpc) is 2.72. The van der Waals surface area contributed by atoms with Gasteiger partial charge in [0.25, 0.3) is 0 Å². The Balaban J connectivity index is 1.84. The number of anilines is 2. The molecule has 0 fully saturated rings. The quantitative estimate of drug-likeness (QED) is 0.743. The van der Waals surface area contributed by atoms with Crippen molar-refractivity contribution >= 4 is 29.1 Å². The van der Waals surface area contributed by atoms with Gasteiger partial charge in [-0.3, -0.25) is 14.4 Å². The van der Waals surface area contributed by atoms with Crippen molar-refractivity contribution in [2.24, 2.45) is 5.92 Å². The summed E-state index contributed by atoms with van der Waals surface area (Å²) in [5, 5.41) is 5.60. The maximum Gasteiger partial charge on any atom is 0.247 e. The smallest absolute Gasteiger partial charge is 0.247 e. The first-order chi connectivity index (χ1) is 14.8. The van der Waals surface area contributed by atoms with Gasteiger partial charge in [0.05, 0.1) is 12.8 Å². The minimum Gasteiger partial charge on any atom is -0.494 e. The zero-order chi connectivity index (χ0) is 22.5. The van der Waals surface area contributed by atoms with Crippen LogP contribution in [0.1, 0.15) is 38.3 Å². The van der Waals surface area contributed by atoms with Crippen LogP contribution in [0.5, 0.6) is 5.75 Å². The summed E-state index contributed by atoms with van der Waals surface area (Å²) >= 11 is 0. The van der Waals surface area contributed by atoms with E-state index < -0.39 is 6.04 Å². The number of rotatable bonds is 6. The van der Waals surface area contributed by atoms with Gasteiger partial charge < -0.3 is 20.3 Å². The third-order valence-corrected chi connectivity index (χ3v) is 5.23. The van der Waals surface area contributed by atoms with Gasteiger partial charge in [-0.25, -0.2) is 0 Å². The van der Waals surface area contributed by atoms with Crippen LogP contribution in [0.4, 0.5) is 11.4 Å². The van der Waals surface area contributed by atoms with E-state index in [2.05, 4.69) is 10.6 Å². The molecule has 0 spiro atoms. The van der Waals surface area contributed by atoms with Crippen LogP contribution >= 0.6 is 0 Å². The molecule has 1 atom stereocenters. The number of carbonyl (C=O) groups is 3. The maximum absolute atomic E-state index is 13.2. The molecule has 2 aromatic rings. The lowest BCUT2D eigenvalue weighted by Crippen LogP contribution is -2.50. The molecule has 0 saturated carbocycles. The molecule has 2 aromatic carbocycles. The van der Waals surface area contributed by atoms with Crippen LogP contribution in [0.15, 0.2) is 42.5 Å². The maximum atomic E-state index is 13.2. The Labute approximate surface area is 182 Å². The average molecular weight is 424 g/mol. The molecule has 2 N–H and O–H groups in total. The second kappa shape index (κ2) is 9.64. The van der Waals surface area contributed by atoms with Crippen molar-refractivity contribution in [2.45, 2.75) is 46.2 Å². The van der Waals surface area contributed by atoms with Crippen molar-refractivity contribution in [3.8, 4) is 5.75 Å². The standard InChI is InChI=1S/C24H29N3O4/c1-15(2)11-23(29)27-14-18-8-6-5-7-17(18)12-21(27)24(30)26-19-9-10-20(25-16(3)28)22(13-19)31-4/h5-10,13,15,21H,11-12,14H2,1-4H3,(H,25,28)(H,26,30). The lowest BCUT2D eigenvalue weighted by molar-refractivity contribution is -0.140. The van der Waals surface area contributed by atoms with Crippen molar-refractivity contribution in [1.82, 2.24) is 4.90 Å². The molecular formula is C24H29N3O4. The first-order valence-corrected chi connectivity index (χ1v) is 10.4. The van der Waals surface area contributed by atoms with Crippen molar-refractivity contribution in [3.05, 3.63) is 53.6 Å². The van der Waals surface area contributed by atoms with Crippen LogP contribution in [0.3, 0.4) is 0 Å². The Morgan fingerprint density at radius 1 is 1.10 bits per heavy atom. The number of hydrogen-bond acceptors (Lipinski definition) is 4. The summed E-state index contributed by atoms with van der Waals surface area (Å²) < 4.78 is 5.33. The number of methoxy groups -OCH3 is 1. The van der Waals surface area contributed by atoms with Gasteiger partial charge in [0.15, 0.2) is 0 Å². The predicted octanol–water partition coefficient (Wildman–Crippen LogP) is 3.59. The SMILES string of the molecule is COc1cc(NC(=O)C2Cc3ccccc3CN2C(=O)CC(C)C)ccc1NC(C)=O. The monoisotopic (exact) mass is 423 g/mol. The summed E-state index contributed by atoms with van der Waals surface area (Å²) in [6.07, 6.45) is 0.859. The zero-order valence-corrected chi connectivity index (χ0v) is 18.4. The Morgan fingerprint density at radius 2 is 1.81 bits per heavy atom. The van der Waals surface area contributed by atoms with Crippen molar-refractivity contribution < 1.29 is 19.1 Å². The molecule has 3 rings (SSSR count). The molecule has 31 heavy (non-hydrogen) atoms. The number of nitrogens with one attached hydrogen (secondary N) is 2. The van der Waals surface area contributed by atoms with Gasteiger partial charge in [-0.15, -0.1) is 0 Å². The van der Waals surface area contributed by atoms with Gasteiger partial charge in [-0.05, 0) is 29.2 Å². The van der Waals surface area contributed by atoms with Crippen LogP contribution in [0.2, 0.25) is 0 Å². The number of hydrogen-bond donors (Lipinski definition) is 2. The van der Waals surface area contributed by atoms with Crippen LogP contribution in [0.25, 0.3) is 0 Å². The minimum atomic E-state index is -0.595. The topological polar surface area (TPSA) is 87.7 Å². The fraction of sp³-hybridized carbons (Fsp3) is 0.375. The van der Waals surface area contributed by atoms with Gasteiger partial charge in [-0.2, -0.15) is 0 Å². The molecule has 1 aliphatic heterocycles. The summed E-state index contributed by atoms with van der Waals surface area (Å²) in [5.74, 6) is 0.160. The molecule has 0 bridgehead atoms. The summed E-state index contributed by atoms with van der Waals surface area (Å²) in [6.45, 7) is 5.82. The summed E-state index contributed by atoms with van der Waals surface area (Å²) in [7, 11) is 1.50.